The number of nitrogens with zero attached hydrogens (tertiary/aromatic N) is 5. The fourth-order valence-electron chi connectivity index (χ4n) is 4.54. The van der Waals surface area contributed by atoms with Gasteiger partial charge in [-0.3, -0.25) is 9.36 Å². The van der Waals surface area contributed by atoms with Crippen molar-refractivity contribution in [1.29, 1.82) is 0 Å². The third-order valence-electron chi connectivity index (χ3n) is 6.46. The van der Waals surface area contributed by atoms with Crippen LogP contribution < -0.4 is 16.2 Å². The predicted octanol–water partition coefficient (Wildman–Crippen LogP) is 4.10. The van der Waals surface area contributed by atoms with Gasteiger partial charge in [0.25, 0.3) is 11.8 Å². The van der Waals surface area contributed by atoms with E-state index in [0.717, 1.165) is 15.6 Å². The number of benzene rings is 2. The first kappa shape index (κ1) is 27.3. The number of rotatable bonds is 10. The second-order valence-electron chi connectivity index (χ2n) is 9.58. The molecule has 0 fully saturated rings. The lowest BCUT2D eigenvalue weighted by Crippen LogP contribution is -2.43. The van der Waals surface area contributed by atoms with E-state index in [1.807, 2.05) is 75.4 Å². The van der Waals surface area contributed by atoms with Gasteiger partial charge in [-0.15, -0.1) is 5.10 Å². The molecule has 2 N–H and O–H groups in total. The molecular weight excluding hydrogens is 504 g/mol. The SMILES string of the molecule is COc1nn2c(=O)n(Cc3ccccc3)c([C@H](C(C)C)N(CCCN)C(=O)c3ccc(C)cc3)nc2c1Cl. The zero-order valence-corrected chi connectivity index (χ0v) is 22.9. The molecule has 2 heterocycles. The molecule has 10 heteroatoms. The summed E-state index contributed by atoms with van der Waals surface area (Å²) in [5.74, 6) is 0.275. The van der Waals surface area contributed by atoms with Crippen LogP contribution in [0.4, 0.5) is 0 Å². The number of aryl methyl sites for hydroxylation is 1. The van der Waals surface area contributed by atoms with Crippen LogP contribution in [0.1, 0.15) is 53.6 Å². The highest BCUT2D eigenvalue weighted by Gasteiger charge is 2.33. The summed E-state index contributed by atoms with van der Waals surface area (Å²) in [5.41, 5.74) is 8.14. The Labute approximate surface area is 226 Å². The normalized spacial score (nSPS) is 12.2. The number of hydrogen-bond acceptors (Lipinski definition) is 6. The zero-order valence-electron chi connectivity index (χ0n) is 22.1. The van der Waals surface area contributed by atoms with Crippen molar-refractivity contribution in [1.82, 2.24) is 24.1 Å². The zero-order chi connectivity index (χ0) is 27.4. The summed E-state index contributed by atoms with van der Waals surface area (Å²) >= 11 is 6.52. The summed E-state index contributed by atoms with van der Waals surface area (Å²) < 4.78 is 7.98. The number of nitrogens with two attached hydrogens (primary N) is 1. The van der Waals surface area contributed by atoms with Crippen LogP contribution in [0.25, 0.3) is 5.65 Å². The van der Waals surface area contributed by atoms with Crippen molar-refractivity contribution in [3.8, 4) is 5.88 Å². The van der Waals surface area contributed by atoms with Gasteiger partial charge in [0.1, 0.15) is 10.8 Å². The number of hydrogen-bond donors (Lipinski definition) is 1. The quantitative estimate of drug-likeness (QED) is 0.327. The minimum absolute atomic E-state index is 0.0952. The van der Waals surface area contributed by atoms with Crippen molar-refractivity contribution >= 4 is 23.2 Å². The van der Waals surface area contributed by atoms with Gasteiger partial charge < -0.3 is 15.4 Å². The molecule has 200 valence electrons. The van der Waals surface area contributed by atoms with E-state index in [2.05, 4.69) is 5.10 Å². The van der Waals surface area contributed by atoms with E-state index in [0.29, 0.717) is 30.9 Å². The maximum absolute atomic E-state index is 13.9. The Bertz CT molecular complexity index is 1460. The fourth-order valence-corrected chi connectivity index (χ4v) is 4.78. The Morgan fingerprint density at radius 1 is 1.13 bits per heavy atom. The maximum atomic E-state index is 13.9. The Morgan fingerprint density at radius 2 is 1.82 bits per heavy atom. The minimum Gasteiger partial charge on any atom is -0.479 e. The standard InChI is InChI=1S/C28H33ClN6O3/c1-18(2)23(33(16-8-15-30)27(36)21-13-11-19(3)12-14-21)25-31-24-22(29)26(38-4)32-35(24)28(37)34(25)17-20-9-6-5-7-10-20/h5-7,9-14,18,23H,8,15-17,30H2,1-4H3/t23-/m0/s1. The van der Waals surface area contributed by atoms with Crippen molar-refractivity contribution < 1.29 is 9.53 Å². The molecule has 0 aliphatic carbocycles. The van der Waals surface area contributed by atoms with E-state index in [9.17, 15) is 9.59 Å². The Balaban J connectivity index is 1.95. The molecule has 4 aromatic rings. The predicted molar refractivity (Wildman–Crippen MR) is 148 cm³/mol. The molecule has 4 rings (SSSR count). The van der Waals surface area contributed by atoms with Crippen LogP contribution in [-0.4, -0.2) is 50.2 Å². The van der Waals surface area contributed by atoms with Gasteiger partial charge in [0, 0.05) is 12.1 Å². The summed E-state index contributed by atoms with van der Waals surface area (Å²) in [6.45, 7) is 7.04. The van der Waals surface area contributed by atoms with E-state index in [1.54, 1.807) is 9.47 Å². The molecule has 0 aliphatic heterocycles. The molecular formula is C28H33ClN6O3. The first-order valence-corrected chi connectivity index (χ1v) is 13.0. The summed E-state index contributed by atoms with van der Waals surface area (Å²) in [4.78, 5) is 34.4. The number of halogens is 1. The van der Waals surface area contributed by atoms with Crippen LogP contribution in [0.5, 0.6) is 5.88 Å². The van der Waals surface area contributed by atoms with Gasteiger partial charge in [0.2, 0.25) is 0 Å². The number of amides is 1. The molecule has 0 saturated carbocycles. The van der Waals surface area contributed by atoms with Gasteiger partial charge in [0.05, 0.1) is 19.7 Å². The van der Waals surface area contributed by atoms with Gasteiger partial charge in [-0.25, -0.2) is 9.78 Å². The van der Waals surface area contributed by atoms with Crippen LogP contribution in [0.2, 0.25) is 5.02 Å². The maximum Gasteiger partial charge on any atom is 0.352 e. The second-order valence-corrected chi connectivity index (χ2v) is 9.96. The molecule has 38 heavy (non-hydrogen) atoms. The molecule has 1 amide bonds. The van der Waals surface area contributed by atoms with Crippen LogP contribution in [0.15, 0.2) is 59.4 Å². The number of carbonyl (C=O) groups is 1. The summed E-state index contributed by atoms with van der Waals surface area (Å²) in [7, 11) is 1.43. The van der Waals surface area contributed by atoms with Crippen LogP contribution in [0, 0.1) is 12.8 Å². The fraction of sp³-hybridized carbons (Fsp3) is 0.357. The molecule has 2 aromatic carbocycles. The number of aromatic nitrogens is 4. The third-order valence-corrected chi connectivity index (χ3v) is 6.79. The smallest absolute Gasteiger partial charge is 0.352 e. The molecule has 0 bridgehead atoms. The van der Waals surface area contributed by atoms with E-state index in [-0.39, 0.29) is 34.9 Å². The Hall–Kier alpha value is -3.69. The van der Waals surface area contributed by atoms with E-state index in [4.69, 9.17) is 27.1 Å². The number of methoxy groups -OCH3 is 1. The van der Waals surface area contributed by atoms with Crippen molar-refractivity contribution in [3.63, 3.8) is 0 Å². The highest BCUT2D eigenvalue weighted by Crippen LogP contribution is 2.32. The van der Waals surface area contributed by atoms with Crippen LogP contribution in [0.3, 0.4) is 0 Å². The van der Waals surface area contributed by atoms with Gasteiger partial charge >= 0.3 is 5.69 Å². The first-order valence-electron chi connectivity index (χ1n) is 12.6. The molecule has 9 nitrogen and oxygen atoms in total. The molecule has 2 aromatic heterocycles. The average Bonchev–Trinajstić information content (AvgIpc) is 3.24. The Morgan fingerprint density at radius 3 is 2.42 bits per heavy atom. The first-order chi connectivity index (χ1) is 18.3. The van der Waals surface area contributed by atoms with E-state index >= 15 is 0 Å². The number of ether oxygens (including phenoxy) is 1. The molecule has 0 spiro atoms. The second kappa shape index (κ2) is 11.8. The topological polar surface area (TPSA) is 108 Å². The summed E-state index contributed by atoms with van der Waals surface area (Å²) in [6, 6.07) is 16.5. The van der Waals surface area contributed by atoms with Gasteiger partial charge in [0.15, 0.2) is 5.65 Å². The lowest BCUT2D eigenvalue weighted by atomic mass is 9.99. The molecule has 0 unspecified atom stereocenters. The number of carbonyl (C=O) groups excluding carboxylic acids is 1. The number of fused-ring (bicyclic) bond motifs is 1. The van der Waals surface area contributed by atoms with Gasteiger partial charge in [-0.2, -0.15) is 4.52 Å². The van der Waals surface area contributed by atoms with Crippen LogP contribution >= 0.6 is 11.6 Å². The van der Waals surface area contributed by atoms with Crippen LogP contribution in [-0.2, 0) is 6.54 Å². The summed E-state index contributed by atoms with van der Waals surface area (Å²) in [5, 5.41) is 4.37. The van der Waals surface area contributed by atoms with Crippen molar-refractivity contribution in [2.45, 2.75) is 39.8 Å². The highest BCUT2D eigenvalue weighted by atomic mass is 35.5. The lowest BCUT2D eigenvalue weighted by molar-refractivity contribution is 0.0601. The average molecular weight is 537 g/mol. The summed E-state index contributed by atoms with van der Waals surface area (Å²) in [6.07, 6.45) is 0.591. The van der Waals surface area contributed by atoms with Crippen molar-refractivity contribution in [2.24, 2.45) is 11.7 Å². The lowest BCUT2D eigenvalue weighted by Gasteiger charge is -2.35. The van der Waals surface area contributed by atoms with E-state index < -0.39 is 11.7 Å². The minimum atomic E-state index is -0.547. The molecule has 0 radical (unpaired) electrons. The molecule has 0 aliphatic rings. The van der Waals surface area contributed by atoms with Gasteiger partial charge in [-0.05, 0) is 43.5 Å². The Kier molecular flexibility index (Phi) is 8.48. The van der Waals surface area contributed by atoms with Crippen molar-refractivity contribution in [2.75, 3.05) is 20.2 Å². The van der Waals surface area contributed by atoms with Gasteiger partial charge in [-0.1, -0.05) is 73.5 Å². The molecule has 1 atom stereocenters. The highest BCUT2D eigenvalue weighted by molar-refractivity contribution is 6.34. The van der Waals surface area contributed by atoms with Crippen molar-refractivity contribution in [3.05, 3.63) is 92.6 Å². The monoisotopic (exact) mass is 536 g/mol. The largest absolute Gasteiger partial charge is 0.479 e. The van der Waals surface area contributed by atoms with E-state index in [1.165, 1.54) is 7.11 Å². The third kappa shape index (κ3) is 5.44. The molecule has 0 saturated heterocycles.